The zero-order chi connectivity index (χ0) is 52.0. The summed E-state index contributed by atoms with van der Waals surface area (Å²) in [6.07, 6.45) is 13.4. The molecule has 14 atom stereocenters. The van der Waals surface area contributed by atoms with Crippen LogP contribution in [0.25, 0.3) is 0 Å². The van der Waals surface area contributed by atoms with Crippen molar-refractivity contribution in [2.75, 3.05) is 60.9 Å². The number of quaternary nitrogens is 3. The Bertz CT molecular complexity index is 2950. The molecule has 6 heterocycles. The molecule has 13 nitrogen and oxygen atoms in total. The second-order valence-electron chi connectivity index (χ2n) is 27.9. The van der Waals surface area contributed by atoms with Gasteiger partial charge < -0.3 is 58.3 Å². The topological polar surface area (TPSA) is 166 Å². The van der Waals surface area contributed by atoms with E-state index in [4.69, 9.17) is 14.2 Å². The van der Waals surface area contributed by atoms with Crippen LogP contribution < -0.4 is 14.2 Å². The van der Waals surface area contributed by atoms with E-state index in [1.807, 2.05) is 6.07 Å². The zero-order valence-corrected chi connectivity index (χ0v) is 44.5. The van der Waals surface area contributed by atoms with E-state index in [-0.39, 0.29) is 68.2 Å². The van der Waals surface area contributed by atoms with Gasteiger partial charge in [-0.15, -0.1) is 0 Å². The monoisotopic (exact) mass is 1060 g/mol. The molecule has 0 aromatic heterocycles. The minimum atomic E-state index is -0.945. The van der Waals surface area contributed by atoms with Gasteiger partial charge in [0.1, 0.15) is 47.1 Å². The molecule has 5 saturated carbocycles. The molecular formula is C64H86N3O10+3. The highest BCUT2D eigenvalue weighted by atomic mass is 16.5. The molecule has 0 amide bonds. The summed E-state index contributed by atoms with van der Waals surface area (Å²) >= 11 is 0. The lowest BCUT2D eigenvalue weighted by molar-refractivity contribution is -0.950. The van der Waals surface area contributed by atoms with E-state index in [0.29, 0.717) is 36.5 Å². The second-order valence-corrected chi connectivity index (χ2v) is 27.9. The Morgan fingerprint density at radius 1 is 0.506 bits per heavy atom. The maximum Gasteiger partial charge on any atom is 0.174 e. The van der Waals surface area contributed by atoms with Gasteiger partial charge in [0.2, 0.25) is 0 Å². The lowest BCUT2D eigenvalue weighted by atomic mass is 9.48. The fourth-order valence-electron chi connectivity index (χ4n) is 20.1. The largest absolute Gasteiger partial charge is 0.504 e. The predicted molar refractivity (Wildman–Crippen MR) is 292 cm³/mol. The molecule has 6 aliphatic heterocycles. The summed E-state index contributed by atoms with van der Waals surface area (Å²) in [5.74, 6) is 3.91. The smallest absolute Gasteiger partial charge is 0.174 e. The quantitative estimate of drug-likeness (QED) is 0.114. The molecule has 414 valence electrons. The van der Waals surface area contributed by atoms with Crippen LogP contribution >= 0.6 is 0 Å². The van der Waals surface area contributed by atoms with Crippen LogP contribution in [-0.4, -0.2) is 164 Å². The number of hydrogen-bond donors (Lipinski definition) is 6. The van der Waals surface area contributed by atoms with Gasteiger partial charge in [-0.05, 0) is 104 Å². The number of carbonyl (C=O) groups is 1. The Labute approximate surface area is 455 Å². The number of benzene rings is 3. The minimum Gasteiger partial charge on any atom is -0.504 e. The van der Waals surface area contributed by atoms with Crippen LogP contribution in [0.1, 0.15) is 132 Å². The van der Waals surface area contributed by atoms with Crippen LogP contribution in [0.5, 0.6) is 34.5 Å². The molecule has 6 bridgehead atoms. The lowest BCUT2D eigenvalue weighted by Crippen LogP contribution is -2.80. The van der Waals surface area contributed by atoms with Crippen molar-refractivity contribution in [1.29, 1.82) is 0 Å². The number of ether oxygens (including phenoxy) is 3. The van der Waals surface area contributed by atoms with E-state index >= 15 is 0 Å². The van der Waals surface area contributed by atoms with Crippen LogP contribution in [0.2, 0.25) is 0 Å². The number of Topliss-reactive ketones (excluding diaryl/α,β-unsaturated/α-hetero) is 1. The molecule has 8 aliphatic carbocycles. The first kappa shape index (κ1) is 51.8. The number of hydrogen-bond acceptors (Lipinski definition) is 10. The predicted octanol–water partition coefficient (Wildman–Crippen LogP) is 7.48. The van der Waals surface area contributed by atoms with E-state index in [2.05, 4.69) is 53.5 Å². The summed E-state index contributed by atoms with van der Waals surface area (Å²) in [5, 5.41) is 67.6. The fraction of sp³-hybridized carbons (Fsp3) is 0.641. The second kappa shape index (κ2) is 16.1. The lowest BCUT2D eigenvalue weighted by Gasteiger charge is -2.65. The van der Waals surface area contributed by atoms with Gasteiger partial charge in [-0.2, -0.15) is 0 Å². The summed E-state index contributed by atoms with van der Waals surface area (Å²) in [5.41, 5.74) is 4.91. The van der Waals surface area contributed by atoms with Gasteiger partial charge in [-0.1, -0.05) is 46.2 Å². The van der Waals surface area contributed by atoms with E-state index in [9.17, 15) is 35.4 Å². The van der Waals surface area contributed by atoms with Crippen molar-refractivity contribution in [2.24, 2.45) is 11.8 Å². The summed E-state index contributed by atoms with van der Waals surface area (Å²) < 4.78 is 21.4. The first-order chi connectivity index (χ1) is 35.6. The van der Waals surface area contributed by atoms with Gasteiger partial charge in [0.15, 0.2) is 46.4 Å². The van der Waals surface area contributed by atoms with E-state index in [1.165, 1.54) is 49.9 Å². The molecule has 0 radical (unpaired) electrons. The number of ketones is 1. The molecule has 6 N–H and O–H groups in total. The average molecular weight is 1060 g/mol. The standard InChI is InChI=1S/2C22H27NO3.C18H21NO4.2CH4/c2*1-13-7-8-22(25)17-11-15-5-6-16(24)19-18(15)21(22,20(13)26-19)9-10-23(17,2)12-14-3-4-14;1-19(2)8-7-17-14-10-3-4-11(20)15(14)23-16(17)12(21)5-6-18(17,22)13(19)9-10;;/h2*5-6,14,17,20,25H,1,3-4,7-12H2,2H3;3-4,13,16,22H,5-9H2,1-2H3;2*1H4/p+3/t17?,20?,21-,22?,23+;17?,20?,21-,22?,23-;13?,16?,17-,18?;;/m111../s1. The highest BCUT2D eigenvalue weighted by Crippen LogP contribution is 2.70. The normalized spacial score (nSPS) is 43.1. The Balaban J connectivity index is 0.000000109. The first-order valence-electron chi connectivity index (χ1n) is 28.7. The number of nitrogens with zero attached hydrogens (tertiary/aromatic N) is 3. The minimum absolute atomic E-state index is 0. The molecule has 3 spiro atoms. The van der Waals surface area contributed by atoms with Crippen LogP contribution in [-0.2, 0) is 40.3 Å². The van der Waals surface area contributed by atoms with Crippen LogP contribution in [0.4, 0.5) is 0 Å². The van der Waals surface area contributed by atoms with Crippen LogP contribution in [0, 0.1) is 11.8 Å². The van der Waals surface area contributed by atoms with E-state index < -0.39 is 39.2 Å². The number of piperidine rings is 3. The number of likely N-dealkylation sites (tertiary alicyclic amines) is 3. The van der Waals surface area contributed by atoms with Gasteiger partial charge in [0, 0.05) is 73.5 Å². The highest BCUT2D eigenvalue weighted by Gasteiger charge is 2.79. The maximum atomic E-state index is 12.6. The molecule has 8 fully saturated rings. The number of rotatable bonds is 4. The summed E-state index contributed by atoms with van der Waals surface area (Å²) in [4.78, 5) is 12.6. The number of likely N-dealkylation sites (N-methyl/N-ethyl adjacent to an activating group) is 3. The zero-order valence-electron chi connectivity index (χ0n) is 44.5. The Hall–Kier alpha value is -4.63. The number of phenolic OH excluding ortho intramolecular Hbond substituents is 3. The van der Waals surface area contributed by atoms with Gasteiger partial charge in [0.25, 0.3) is 0 Å². The summed E-state index contributed by atoms with van der Waals surface area (Å²) in [6, 6.07) is 11.8. The Kier molecular flexibility index (Phi) is 10.8. The van der Waals surface area contributed by atoms with Gasteiger partial charge in [-0.25, -0.2) is 0 Å². The van der Waals surface area contributed by atoms with Crippen molar-refractivity contribution in [1.82, 2.24) is 0 Å². The van der Waals surface area contributed by atoms with Crippen molar-refractivity contribution < 1.29 is 63.1 Å². The van der Waals surface area contributed by atoms with E-state index in [0.717, 1.165) is 136 Å². The van der Waals surface area contributed by atoms with Crippen molar-refractivity contribution in [3.8, 4) is 34.5 Å². The first-order valence-corrected chi connectivity index (χ1v) is 28.7. The van der Waals surface area contributed by atoms with Crippen molar-refractivity contribution in [3.05, 3.63) is 94.1 Å². The molecule has 9 unspecified atom stereocenters. The van der Waals surface area contributed by atoms with Gasteiger partial charge in [-0.3, -0.25) is 4.79 Å². The van der Waals surface area contributed by atoms with Gasteiger partial charge in [0.05, 0.1) is 77.2 Å². The summed E-state index contributed by atoms with van der Waals surface area (Å²) in [6.45, 7) is 14.0. The SMILES string of the molecule is C.C.C=C1CCC2(O)C3Cc4ccc(O)c5c4[C@]2(CC[N@+]3(C)CC2CC2)C1O5.C=C1CCC2(O)C3Cc4ccc(O)c5c4[C@]2(CC[N@@+]3(C)CC2CC2)C1O5.C[N+]1(C)CC[C@@]23c4c5ccc(O)c4OC2C(=O)CCC3(O)C1C5. The number of carbonyl (C=O) groups excluding carboxylic acids is 1. The molecule has 14 aliphatic rings. The van der Waals surface area contributed by atoms with Crippen LogP contribution in [0.15, 0.2) is 60.7 Å². The third-order valence-electron chi connectivity index (χ3n) is 23.9. The Morgan fingerprint density at radius 2 is 0.857 bits per heavy atom. The highest BCUT2D eigenvalue weighted by molar-refractivity contribution is 5.90. The van der Waals surface area contributed by atoms with E-state index in [1.54, 1.807) is 18.2 Å². The van der Waals surface area contributed by atoms with Crippen LogP contribution in [0.3, 0.4) is 0 Å². The number of phenols is 3. The fourth-order valence-corrected chi connectivity index (χ4v) is 20.1. The van der Waals surface area contributed by atoms with Gasteiger partial charge >= 0.3 is 0 Å². The summed E-state index contributed by atoms with van der Waals surface area (Å²) in [7, 11) is 9.08. The molecule has 3 aromatic rings. The number of aliphatic hydroxyl groups is 3. The molecule has 13 heteroatoms. The van der Waals surface area contributed by atoms with Crippen molar-refractivity contribution in [3.63, 3.8) is 0 Å². The number of aromatic hydroxyl groups is 3. The molecule has 3 saturated heterocycles. The molecule has 17 rings (SSSR count). The molecular weight excluding hydrogens is 971 g/mol. The Morgan fingerprint density at radius 3 is 1.27 bits per heavy atom. The average Bonchev–Trinajstić information content (AvgIpc) is 4.32. The van der Waals surface area contributed by atoms with Crippen molar-refractivity contribution >= 4 is 5.78 Å². The molecule has 77 heavy (non-hydrogen) atoms. The maximum absolute atomic E-state index is 12.6. The third kappa shape index (κ3) is 6.15. The third-order valence-corrected chi connectivity index (χ3v) is 23.9. The molecule has 3 aromatic carbocycles. The van der Waals surface area contributed by atoms with Crippen molar-refractivity contribution in [2.45, 2.75) is 187 Å².